The number of alkyl halides is 1. The Morgan fingerprint density at radius 2 is 1.62 bits per heavy atom. The maximum Gasteiger partial charge on any atom is 0.241 e. The second-order valence-corrected chi connectivity index (χ2v) is 7.41. The van der Waals surface area contributed by atoms with Gasteiger partial charge in [0.25, 0.3) is 0 Å². The highest BCUT2D eigenvalue weighted by molar-refractivity contribution is 9.09. The van der Waals surface area contributed by atoms with Crippen LogP contribution in [0.1, 0.15) is 18.1 Å². The number of sulfonamides is 1. The van der Waals surface area contributed by atoms with Crippen molar-refractivity contribution in [2.75, 3.05) is 5.33 Å². The number of halogens is 1. The van der Waals surface area contributed by atoms with E-state index in [1.807, 2.05) is 43.3 Å². The van der Waals surface area contributed by atoms with Gasteiger partial charge in [0.1, 0.15) is 0 Å². The minimum Gasteiger partial charge on any atom is -0.207 e. The van der Waals surface area contributed by atoms with E-state index in [0.717, 1.165) is 11.1 Å². The zero-order valence-corrected chi connectivity index (χ0v) is 14.4. The maximum atomic E-state index is 12.7. The Hall–Kier alpha value is -1.17. The third-order valence-corrected chi connectivity index (χ3v) is 6.30. The zero-order valence-electron chi connectivity index (χ0n) is 12.0. The molecule has 5 heteroatoms. The molecular weight excluding hydrogens is 350 g/mol. The van der Waals surface area contributed by atoms with Crippen LogP contribution in [0, 0.1) is 6.92 Å². The summed E-state index contributed by atoms with van der Waals surface area (Å²) in [6.07, 6.45) is 0. The van der Waals surface area contributed by atoms with Crippen molar-refractivity contribution in [2.45, 2.75) is 24.3 Å². The van der Waals surface area contributed by atoms with Gasteiger partial charge in [0.15, 0.2) is 0 Å². The van der Waals surface area contributed by atoms with Crippen molar-refractivity contribution < 1.29 is 8.42 Å². The van der Waals surface area contributed by atoms with Gasteiger partial charge in [-0.1, -0.05) is 64.5 Å². The molecule has 1 atom stereocenters. The Kier molecular flexibility index (Phi) is 4.86. The molecule has 0 saturated heterocycles. The van der Waals surface area contributed by atoms with Crippen molar-refractivity contribution in [3.05, 3.63) is 65.7 Å². The highest BCUT2D eigenvalue weighted by atomic mass is 79.9. The average molecular weight is 368 g/mol. The molecular formula is C16H18BrNO2S. The van der Waals surface area contributed by atoms with Gasteiger partial charge in [0.2, 0.25) is 10.0 Å². The lowest BCUT2D eigenvalue weighted by Crippen LogP contribution is -2.44. The second-order valence-electron chi connectivity index (χ2n) is 5.20. The van der Waals surface area contributed by atoms with Crippen LogP contribution in [0.2, 0.25) is 0 Å². The molecule has 0 aliphatic rings. The van der Waals surface area contributed by atoms with Gasteiger partial charge in [-0.25, -0.2) is 8.42 Å². The van der Waals surface area contributed by atoms with Crippen molar-refractivity contribution in [1.29, 1.82) is 0 Å². The minimum atomic E-state index is -3.59. The molecule has 0 amide bonds. The van der Waals surface area contributed by atoms with Crippen LogP contribution in [-0.4, -0.2) is 13.7 Å². The summed E-state index contributed by atoms with van der Waals surface area (Å²) in [6.45, 7) is 3.66. The van der Waals surface area contributed by atoms with E-state index in [-0.39, 0.29) is 0 Å². The van der Waals surface area contributed by atoms with E-state index in [9.17, 15) is 8.42 Å². The molecule has 0 spiro atoms. The van der Waals surface area contributed by atoms with Gasteiger partial charge in [-0.05, 0) is 31.0 Å². The molecule has 2 aromatic rings. The van der Waals surface area contributed by atoms with E-state index in [1.165, 1.54) is 0 Å². The van der Waals surface area contributed by atoms with Gasteiger partial charge in [0, 0.05) is 5.33 Å². The lowest BCUT2D eigenvalue weighted by Gasteiger charge is -2.29. The molecule has 3 nitrogen and oxygen atoms in total. The van der Waals surface area contributed by atoms with Gasteiger partial charge in [-0.15, -0.1) is 0 Å². The summed E-state index contributed by atoms with van der Waals surface area (Å²) in [5.74, 6) is 0. The summed E-state index contributed by atoms with van der Waals surface area (Å²) >= 11 is 3.43. The van der Waals surface area contributed by atoms with Crippen LogP contribution < -0.4 is 4.72 Å². The fraction of sp³-hybridized carbons (Fsp3) is 0.250. The number of aryl methyl sites for hydroxylation is 1. The van der Waals surface area contributed by atoms with E-state index >= 15 is 0 Å². The van der Waals surface area contributed by atoms with Crippen LogP contribution in [0.4, 0.5) is 0 Å². The predicted octanol–water partition coefficient (Wildman–Crippen LogP) is 3.58. The van der Waals surface area contributed by atoms with Crippen LogP contribution >= 0.6 is 15.9 Å². The average Bonchev–Trinajstić information content (AvgIpc) is 2.48. The van der Waals surface area contributed by atoms with E-state index < -0.39 is 15.6 Å². The molecule has 0 aliphatic carbocycles. The molecule has 2 aromatic carbocycles. The Morgan fingerprint density at radius 1 is 1.05 bits per heavy atom. The quantitative estimate of drug-likeness (QED) is 0.820. The first-order valence-electron chi connectivity index (χ1n) is 6.60. The van der Waals surface area contributed by atoms with Gasteiger partial charge >= 0.3 is 0 Å². The number of benzene rings is 2. The maximum absolute atomic E-state index is 12.7. The molecule has 0 aromatic heterocycles. The van der Waals surface area contributed by atoms with Crippen LogP contribution in [0.15, 0.2) is 59.5 Å². The topological polar surface area (TPSA) is 46.2 Å². The molecule has 0 heterocycles. The van der Waals surface area contributed by atoms with Crippen molar-refractivity contribution >= 4 is 26.0 Å². The van der Waals surface area contributed by atoms with Gasteiger partial charge in [-0.2, -0.15) is 4.72 Å². The third kappa shape index (κ3) is 3.54. The Balaban J connectivity index is 2.41. The number of hydrogen-bond acceptors (Lipinski definition) is 2. The van der Waals surface area contributed by atoms with Gasteiger partial charge < -0.3 is 0 Å². The smallest absolute Gasteiger partial charge is 0.207 e. The largest absolute Gasteiger partial charge is 0.241 e. The second kappa shape index (κ2) is 6.30. The molecule has 0 saturated carbocycles. The summed E-state index contributed by atoms with van der Waals surface area (Å²) < 4.78 is 28.2. The summed E-state index contributed by atoms with van der Waals surface area (Å²) in [4.78, 5) is 0.313. The van der Waals surface area contributed by atoms with E-state index in [1.54, 1.807) is 25.1 Å². The first kappa shape index (κ1) is 16.2. The van der Waals surface area contributed by atoms with Gasteiger partial charge in [-0.3, -0.25) is 0 Å². The normalized spacial score (nSPS) is 14.6. The first-order valence-corrected chi connectivity index (χ1v) is 9.21. The molecule has 0 fully saturated rings. The zero-order chi connectivity index (χ0) is 15.5. The third-order valence-electron chi connectivity index (χ3n) is 3.42. The number of nitrogens with one attached hydrogen (secondary N) is 1. The molecule has 2 rings (SSSR count). The number of hydrogen-bond donors (Lipinski definition) is 1. The standard InChI is InChI=1S/C16H18BrNO2S/c1-13-8-6-7-11-15(13)21(19,20)18-16(2,12-17)14-9-4-3-5-10-14/h3-11,18H,12H2,1-2H3. The van der Waals surface area contributed by atoms with E-state index in [2.05, 4.69) is 20.7 Å². The van der Waals surface area contributed by atoms with E-state index in [4.69, 9.17) is 0 Å². The first-order chi connectivity index (χ1) is 9.89. The Morgan fingerprint density at radius 3 is 2.19 bits per heavy atom. The van der Waals surface area contributed by atoms with Gasteiger partial charge in [0.05, 0.1) is 10.4 Å². The molecule has 21 heavy (non-hydrogen) atoms. The Bertz CT molecular complexity index is 716. The minimum absolute atomic E-state index is 0.313. The monoisotopic (exact) mass is 367 g/mol. The highest BCUT2D eigenvalue weighted by Crippen LogP contribution is 2.26. The summed E-state index contributed by atoms with van der Waals surface area (Å²) in [5.41, 5.74) is 0.941. The predicted molar refractivity (Wildman–Crippen MR) is 89.1 cm³/mol. The van der Waals surface area contributed by atoms with Crippen molar-refractivity contribution in [3.63, 3.8) is 0 Å². The fourth-order valence-electron chi connectivity index (χ4n) is 2.18. The summed E-state index contributed by atoms with van der Waals surface area (Å²) in [7, 11) is -3.59. The Labute approximate surface area is 134 Å². The van der Waals surface area contributed by atoms with Crippen molar-refractivity contribution in [1.82, 2.24) is 4.72 Å². The van der Waals surface area contributed by atoms with Crippen molar-refractivity contribution in [2.24, 2.45) is 0 Å². The van der Waals surface area contributed by atoms with Crippen LogP contribution in [-0.2, 0) is 15.6 Å². The molecule has 1 N–H and O–H groups in total. The van der Waals surface area contributed by atoms with Crippen LogP contribution in [0.3, 0.4) is 0 Å². The molecule has 1 unspecified atom stereocenters. The van der Waals surface area contributed by atoms with Crippen molar-refractivity contribution in [3.8, 4) is 0 Å². The molecule has 0 radical (unpaired) electrons. The SMILES string of the molecule is Cc1ccccc1S(=O)(=O)NC(C)(CBr)c1ccccc1. The highest BCUT2D eigenvalue weighted by Gasteiger charge is 2.31. The van der Waals surface area contributed by atoms with E-state index in [0.29, 0.717) is 10.2 Å². The summed E-state index contributed by atoms with van der Waals surface area (Å²) in [5, 5.41) is 0.481. The lowest BCUT2D eigenvalue weighted by molar-refractivity contribution is 0.482. The summed E-state index contributed by atoms with van der Waals surface area (Å²) in [6, 6.07) is 16.5. The molecule has 112 valence electrons. The van der Waals surface area contributed by atoms with Crippen LogP contribution in [0.5, 0.6) is 0 Å². The fourth-order valence-corrected chi connectivity index (χ4v) is 4.47. The number of rotatable bonds is 5. The molecule has 0 bridgehead atoms. The molecule has 0 aliphatic heterocycles. The lowest BCUT2D eigenvalue weighted by atomic mass is 9.96. The van der Waals surface area contributed by atoms with Crippen LogP contribution in [0.25, 0.3) is 0 Å².